The molecule has 0 bridgehead atoms. The molecular weight excluding hydrogens is 348 g/mol. The molecule has 26 heavy (non-hydrogen) atoms. The van der Waals surface area contributed by atoms with Crippen LogP contribution in [0.2, 0.25) is 0 Å². The Balaban J connectivity index is 1.72. The fourth-order valence-corrected chi connectivity index (χ4v) is 3.15. The van der Waals surface area contributed by atoms with E-state index in [1.165, 1.54) is 16.9 Å². The maximum atomic E-state index is 12.4. The number of benzene rings is 1. The number of nitrogens with zero attached hydrogens (tertiary/aromatic N) is 1. The zero-order chi connectivity index (χ0) is 18.9. The number of H-pyrrole nitrogens is 1. The van der Waals surface area contributed by atoms with Crippen LogP contribution in [0.15, 0.2) is 41.9 Å². The first kappa shape index (κ1) is 17.9. The van der Waals surface area contributed by atoms with Crippen molar-refractivity contribution in [3.8, 4) is 11.3 Å². The van der Waals surface area contributed by atoms with Crippen LogP contribution in [0.25, 0.3) is 11.3 Å². The zero-order valence-electron chi connectivity index (χ0n) is 14.8. The molecule has 1 aromatic carbocycles. The average Bonchev–Trinajstić information content (AvgIpc) is 3.23. The van der Waals surface area contributed by atoms with Gasteiger partial charge in [-0.25, -0.2) is 4.98 Å². The monoisotopic (exact) mass is 368 g/mol. The summed E-state index contributed by atoms with van der Waals surface area (Å²) in [5.74, 6) is -0.739. The van der Waals surface area contributed by atoms with Gasteiger partial charge in [0.05, 0.1) is 5.69 Å². The number of hydrogen-bond acceptors (Lipinski definition) is 4. The first-order valence-corrected chi connectivity index (χ1v) is 8.98. The third kappa shape index (κ3) is 3.83. The SMILES string of the molecule is CC(C)(C)c1ccc(C(=O)Nc2nc(-c3c[nH]c(C(N)=O)c3)cs2)cc1. The number of thiazole rings is 1. The maximum absolute atomic E-state index is 12.4. The van der Waals surface area contributed by atoms with Gasteiger partial charge in [0.25, 0.3) is 11.8 Å². The number of hydrogen-bond donors (Lipinski definition) is 3. The van der Waals surface area contributed by atoms with Crippen molar-refractivity contribution in [2.45, 2.75) is 26.2 Å². The molecule has 0 unspecified atom stereocenters. The van der Waals surface area contributed by atoms with Crippen LogP contribution in [-0.4, -0.2) is 21.8 Å². The van der Waals surface area contributed by atoms with Gasteiger partial charge in [0.2, 0.25) is 0 Å². The highest BCUT2D eigenvalue weighted by Gasteiger charge is 2.15. The van der Waals surface area contributed by atoms with Crippen molar-refractivity contribution in [1.29, 1.82) is 0 Å². The van der Waals surface area contributed by atoms with Crippen LogP contribution in [0.1, 0.15) is 47.2 Å². The molecule has 2 aromatic heterocycles. The Kier molecular flexibility index (Phi) is 4.65. The van der Waals surface area contributed by atoms with E-state index in [9.17, 15) is 9.59 Å². The number of aromatic amines is 1. The second kappa shape index (κ2) is 6.76. The lowest BCUT2D eigenvalue weighted by atomic mass is 9.87. The van der Waals surface area contributed by atoms with E-state index >= 15 is 0 Å². The minimum absolute atomic E-state index is 0.0412. The Morgan fingerprint density at radius 1 is 1.19 bits per heavy atom. The summed E-state index contributed by atoms with van der Waals surface area (Å²) in [6.45, 7) is 6.39. The van der Waals surface area contributed by atoms with Gasteiger partial charge >= 0.3 is 0 Å². The minimum atomic E-state index is -0.529. The molecule has 2 heterocycles. The number of carbonyl (C=O) groups excluding carboxylic acids is 2. The highest BCUT2D eigenvalue weighted by atomic mass is 32.1. The summed E-state index contributed by atoms with van der Waals surface area (Å²) < 4.78 is 0. The normalized spacial score (nSPS) is 11.3. The predicted molar refractivity (Wildman–Crippen MR) is 104 cm³/mol. The molecule has 7 heteroatoms. The molecule has 3 aromatic rings. The van der Waals surface area contributed by atoms with Crippen molar-refractivity contribution in [2.75, 3.05) is 5.32 Å². The number of rotatable bonds is 4. The van der Waals surface area contributed by atoms with Gasteiger partial charge in [-0.2, -0.15) is 0 Å². The van der Waals surface area contributed by atoms with E-state index in [4.69, 9.17) is 5.73 Å². The lowest BCUT2D eigenvalue weighted by Crippen LogP contribution is -2.14. The lowest BCUT2D eigenvalue weighted by Gasteiger charge is -2.18. The molecule has 134 valence electrons. The van der Waals surface area contributed by atoms with Gasteiger partial charge in [0, 0.05) is 22.7 Å². The predicted octanol–water partition coefficient (Wildman–Crippen LogP) is 3.79. The van der Waals surface area contributed by atoms with Gasteiger partial charge in [-0.1, -0.05) is 32.9 Å². The molecular formula is C19H20N4O2S. The first-order valence-electron chi connectivity index (χ1n) is 8.10. The summed E-state index contributed by atoms with van der Waals surface area (Å²) in [6.07, 6.45) is 1.66. The molecule has 0 saturated carbocycles. The number of nitrogens with two attached hydrogens (primary N) is 1. The quantitative estimate of drug-likeness (QED) is 0.653. The third-order valence-electron chi connectivity index (χ3n) is 3.98. The van der Waals surface area contributed by atoms with Gasteiger partial charge in [0.1, 0.15) is 5.69 Å². The molecule has 0 spiro atoms. The molecule has 6 nitrogen and oxygen atoms in total. The number of primary amides is 1. The third-order valence-corrected chi connectivity index (χ3v) is 4.74. The number of amides is 2. The van der Waals surface area contributed by atoms with Crippen molar-refractivity contribution in [3.05, 3.63) is 58.7 Å². The number of anilines is 1. The van der Waals surface area contributed by atoms with Gasteiger partial charge in [-0.3, -0.25) is 14.9 Å². The zero-order valence-corrected chi connectivity index (χ0v) is 15.6. The van der Waals surface area contributed by atoms with Crippen LogP contribution in [0.4, 0.5) is 5.13 Å². The summed E-state index contributed by atoms with van der Waals surface area (Å²) in [7, 11) is 0. The Morgan fingerprint density at radius 2 is 1.88 bits per heavy atom. The summed E-state index contributed by atoms with van der Waals surface area (Å²) >= 11 is 1.32. The first-order chi connectivity index (χ1) is 12.2. The van der Waals surface area contributed by atoms with Crippen molar-refractivity contribution >= 4 is 28.3 Å². The van der Waals surface area contributed by atoms with Gasteiger partial charge in [0.15, 0.2) is 5.13 Å². The van der Waals surface area contributed by atoms with Crippen molar-refractivity contribution in [1.82, 2.24) is 9.97 Å². The second-order valence-corrected chi connectivity index (χ2v) is 7.84. The molecule has 0 fully saturated rings. The molecule has 0 atom stereocenters. The molecule has 0 aliphatic rings. The average molecular weight is 368 g/mol. The van der Waals surface area contributed by atoms with Crippen LogP contribution in [0.5, 0.6) is 0 Å². The van der Waals surface area contributed by atoms with Gasteiger partial charge in [-0.05, 0) is 29.2 Å². The highest BCUT2D eigenvalue weighted by Crippen LogP contribution is 2.26. The molecule has 2 amide bonds. The largest absolute Gasteiger partial charge is 0.364 e. The molecule has 0 aliphatic heterocycles. The Labute approximate surface area is 155 Å². The van der Waals surface area contributed by atoms with Crippen LogP contribution in [0.3, 0.4) is 0 Å². The van der Waals surface area contributed by atoms with Crippen molar-refractivity contribution < 1.29 is 9.59 Å². The smallest absolute Gasteiger partial charge is 0.265 e. The molecule has 0 saturated heterocycles. The van der Waals surface area contributed by atoms with E-state index in [1.54, 1.807) is 12.3 Å². The summed E-state index contributed by atoms with van der Waals surface area (Å²) in [6, 6.07) is 9.19. The fourth-order valence-electron chi connectivity index (χ4n) is 2.44. The minimum Gasteiger partial charge on any atom is -0.364 e. The van der Waals surface area contributed by atoms with Gasteiger partial charge in [-0.15, -0.1) is 11.3 Å². The summed E-state index contributed by atoms with van der Waals surface area (Å²) in [5, 5.41) is 5.11. The molecule has 0 radical (unpaired) electrons. The Bertz CT molecular complexity index is 949. The van der Waals surface area contributed by atoms with Crippen LogP contribution in [-0.2, 0) is 5.41 Å². The van der Waals surface area contributed by atoms with Crippen LogP contribution in [0, 0.1) is 0 Å². The van der Waals surface area contributed by atoms with E-state index in [1.807, 2.05) is 29.6 Å². The second-order valence-electron chi connectivity index (χ2n) is 6.99. The van der Waals surface area contributed by atoms with Crippen molar-refractivity contribution in [3.63, 3.8) is 0 Å². The Morgan fingerprint density at radius 3 is 2.46 bits per heavy atom. The standard InChI is InChI=1S/C19H20N4O2S/c1-19(2,3)13-6-4-11(5-7-13)17(25)23-18-22-15(10-26-18)12-8-14(16(20)24)21-9-12/h4-10,21H,1-3H3,(H2,20,24)(H,22,23,25). The van der Waals surface area contributed by atoms with Crippen molar-refractivity contribution in [2.24, 2.45) is 5.73 Å². The summed E-state index contributed by atoms with van der Waals surface area (Å²) in [4.78, 5) is 30.7. The van der Waals surface area contributed by atoms with E-state index < -0.39 is 5.91 Å². The Hall–Kier alpha value is -2.93. The topological polar surface area (TPSA) is 101 Å². The van der Waals surface area contributed by atoms with E-state index in [-0.39, 0.29) is 11.3 Å². The van der Waals surface area contributed by atoms with E-state index in [0.717, 1.165) is 5.56 Å². The van der Waals surface area contributed by atoms with Gasteiger partial charge < -0.3 is 10.7 Å². The number of carbonyl (C=O) groups is 2. The van der Waals surface area contributed by atoms with E-state index in [0.29, 0.717) is 22.1 Å². The summed E-state index contributed by atoms with van der Waals surface area (Å²) in [5.41, 5.74) is 8.74. The molecule has 0 aliphatic carbocycles. The lowest BCUT2D eigenvalue weighted by molar-refractivity contribution is 0.0994. The van der Waals surface area contributed by atoms with Crippen LogP contribution < -0.4 is 11.1 Å². The number of aromatic nitrogens is 2. The van der Waals surface area contributed by atoms with E-state index in [2.05, 4.69) is 36.1 Å². The molecule has 3 rings (SSSR count). The molecule has 4 N–H and O–H groups in total. The number of nitrogens with one attached hydrogen (secondary N) is 2. The van der Waals surface area contributed by atoms with Crippen LogP contribution >= 0.6 is 11.3 Å². The highest BCUT2D eigenvalue weighted by molar-refractivity contribution is 7.14. The fraction of sp³-hybridized carbons (Fsp3) is 0.211. The maximum Gasteiger partial charge on any atom is 0.265 e.